The molecule has 0 radical (unpaired) electrons. The van der Waals surface area contributed by atoms with Crippen molar-refractivity contribution in [3.8, 4) is 0 Å². The lowest BCUT2D eigenvalue weighted by atomic mass is 10.1. The van der Waals surface area contributed by atoms with Crippen LogP contribution in [0.15, 0.2) is 47.4 Å². The van der Waals surface area contributed by atoms with Gasteiger partial charge in [-0.25, -0.2) is 12.8 Å². The first kappa shape index (κ1) is 16.2. The molecule has 2 rings (SSSR count). The third kappa shape index (κ3) is 3.51. The van der Waals surface area contributed by atoms with Gasteiger partial charge in [0.2, 0.25) is 0 Å². The maximum absolute atomic E-state index is 13.5. The summed E-state index contributed by atoms with van der Waals surface area (Å²) < 4.78 is 36.8. The Labute approximate surface area is 128 Å². The molecule has 2 aromatic carbocycles. The molecule has 0 aliphatic rings. The molecule has 116 valence electrons. The quantitative estimate of drug-likeness (QED) is 0.940. The normalized spacial score (nSPS) is 11.2. The van der Waals surface area contributed by atoms with Gasteiger partial charge in [0.25, 0.3) is 5.91 Å². The molecule has 0 heterocycles. The monoisotopic (exact) mass is 321 g/mol. The molecule has 2 aromatic rings. The van der Waals surface area contributed by atoms with E-state index in [9.17, 15) is 17.6 Å². The summed E-state index contributed by atoms with van der Waals surface area (Å²) in [5, 5.41) is 2.60. The second-order valence-corrected chi connectivity index (χ2v) is 7.12. The molecule has 0 fully saturated rings. The van der Waals surface area contributed by atoms with Gasteiger partial charge in [-0.15, -0.1) is 0 Å². The Kier molecular flexibility index (Phi) is 4.61. The highest BCUT2D eigenvalue weighted by Crippen LogP contribution is 2.17. The first-order chi connectivity index (χ1) is 10.3. The van der Waals surface area contributed by atoms with Gasteiger partial charge in [-0.1, -0.05) is 13.0 Å². The number of carbonyl (C=O) groups is 1. The van der Waals surface area contributed by atoms with Crippen molar-refractivity contribution in [3.05, 3.63) is 59.4 Å². The predicted molar refractivity (Wildman–Crippen MR) is 83.3 cm³/mol. The molecule has 6 heteroatoms. The second-order valence-electron chi connectivity index (χ2n) is 4.85. The average molecular weight is 321 g/mol. The van der Waals surface area contributed by atoms with Gasteiger partial charge in [0, 0.05) is 11.3 Å². The highest BCUT2D eigenvalue weighted by Gasteiger charge is 2.12. The van der Waals surface area contributed by atoms with Crippen molar-refractivity contribution in [2.45, 2.75) is 18.7 Å². The number of anilines is 1. The molecule has 0 bridgehead atoms. The molecular formula is C16H16FNO3S. The van der Waals surface area contributed by atoms with Crippen LogP contribution in [0.5, 0.6) is 0 Å². The van der Waals surface area contributed by atoms with Gasteiger partial charge >= 0.3 is 0 Å². The Morgan fingerprint density at radius 1 is 1.14 bits per heavy atom. The summed E-state index contributed by atoms with van der Waals surface area (Å²) in [6, 6.07) is 10.1. The smallest absolute Gasteiger partial charge is 0.255 e. The summed E-state index contributed by atoms with van der Waals surface area (Å²) >= 11 is 0. The summed E-state index contributed by atoms with van der Waals surface area (Å²) in [7, 11) is -3.27. The van der Waals surface area contributed by atoms with Crippen LogP contribution in [0.2, 0.25) is 0 Å². The van der Waals surface area contributed by atoms with Crippen LogP contribution in [0.4, 0.5) is 10.1 Å². The number of halogens is 1. The molecule has 0 aliphatic heterocycles. The van der Waals surface area contributed by atoms with E-state index >= 15 is 0 Å². The lowest BCUT2D eigenvalue weighted by Crippen LogP contribution is -2.12. The van der Waals surface area contributed by atoms with Crippen molar-refractivity contribution in [3.63, 3.8) is 0 Å². The molecule has 0 atom stereocenters. The predicted octanol–water partition coefficient (Wildman–Crippen LogP) is 3.18. The molecule has 0 aromatic heterocycles. The van der Waals surface area contributed by atoms with Crippen molar-refractivity contribution in [2.75, 3.05) is 11.1 Å². The number of hydrogen-bond acceptors (Lipinski definition) is 3. The number of sulfone groups is 1. The molecule has 22 heavy (non-hydrogen) atoms. The van der Waals surface area contributed by atoms with Gasteiger partial charge in [0.1, 0.15) is 5.82 Å². The topological polar surface area (TPSA) is 63.2 Å². The maximum atomic E-state index is 13.5. The lowest BCUT2D eigenvalue weighted by Gasteiger charge is -2.07. The maximum Gasteiger partial charge on any atom is 0.255 e. The molecule has 0 aliphatic carbocycles. The highest BCUT2D eigenvalue weighted by atomic mass is 32.2. The number of nitrogens with one attached hydrogen (secondary N) is 1. The fraction of sp³-hybridized carbons (Fsp3) is 0.188. The Bertz CT molecular complexity index is 799. The average Bonchev–Trinajstić information content (AvgIpc) is 2.50. The fourth-order valence-electron chi connectivity index (χ4n) is 1.85. The minimum Gasteiger partial charge on any atom is -0.322 e. The molecule has 0 saturated heterocycles. The highest BCUT2D eigenvalue weighted by molar-refractivity contribution is 7.91. The zero-order chi connectivity index (χ0) is 16.3. The molecule has 1 amide bonds. The molecule has 4 nitrogen and oxygen atoms in total. The van der Waals surface area contributed by atoms with E-state index in [2.05, 4.69) is 5.32 Å². The van der Waals surface area contributed by atoms with Crippen LogP contribution in [0.3, 0.4) is 0 Å². The number of carbonyl (C=O) groups excluding carboxylic acids is 1. The van der Waals surface area contributed by atoms with Crippen molar-refractivity contribution in [1.82, 2.24) is 0 Å². The Morgan fingerprint density at radius 3 is 2.32 bits per heavy atom. The van der Waals surface area contributed by atoms with E-state index in [0.29, 0.717) is 11.3 Å². The SMILES string of the molecule is CCS(=O)(=O)c1ccc(NC(=O)c2ccc(C)c(F)c2)cc1. The van der Waals surface area contributed by atoms with Crippen LogP contribution in [-0.4, -0.2) is 20.1 Å². The Morgan fingerprint density at radius 2 is 1.77 bits per heavy atom. The third-order valence-electron chi connectivity index (χ3n) is 3.29. The van der Waals surface area contributed by atoms with E-state index in [1.165, 1.54) is 42.5 Å². The molecular weight excluding hydrogens is 305 g/mol. The van der Waals surface area contributed by atoms with Crippen LogP contribution in [0, 0.1) is 12.7 Å². The summed E-state index contributed by atoms with van der Waals surface area (Å²) in [4.78, 5) is 12.2. The van der Waals surface area contributed by atoms with Crippen molar-refractivity contribution in [2.24, 2.45) is 0 Å². The molecule has 0 spiro atoms. The van der Waals surface area contributed by atoms with E-state index in [4.69, 9.17) is 0 Å². The lowest BCUT2D eigenvalue weighted by molar-refractivity contribution is 0.102. The van der Waals surface area contributed by atoms with E-state index < -0.39 is 21.6 Å². The van der Waals surface area contributed by atoms with Crippen molar-refractivity contribution in [1.29, 1.82) is 0 Å². The van der Waals surface area contributed by atoms with Gasteiger partial charge in [-0.05, 0) is 48.9 Å². The number of benzene rings is 2. The van der Waals surface area contributed by atoms with E-state index in [1.807, 2.05) is 0 Å². The van der Waals surface area contributed by atoms with Crippen LogP contribution in [-0.2, 0) is 9.84 Å². The van der Waals surface area contributed by atoms with Crippen LogP contribution >= 0.6 is 0 Å². The van der Waals surface area contributed by atoms with Crippen molar-refractivity contribution >= 4 is 21.4 Å². The van der Waals surface area contributed by atoms with Gasteiger partial charge in [-0.2, -0.15) is 0 Å². The zero-order valence-electron chi connectivity index (χ0n) is 12.3. The van der Waals surface area contributed by atoms with E-state index in [1.54, 1.807) is 13.8 Å². The van der Waals surface area contributed by atoms with Crippen LogP contribution < -0.4 is 5.32 Å². The largest absolute Gasteiger partial charge is 0.322 e. The van der Waals surface area contributed by atoms with Gasteiger partial charge in [0.05, 0.1) is 10.6 Å². The van der Waals surface area contributed by atoms with Crippen molar-refractivity contribution < 1.29 is 17.6 Å². The molecule has 1 N–H and O–H groups in total. The Hall–Kier alpha value is -2.21. The fourth-order valence-corrected chi connectivity index (χ4v) is 2.73. The van der Waals surface area contributed by atoms with Gasteiger partial charge in [0.15, 0.2) is 9.84 Å². The first-order valence-corrected chi connectivity index (χ1v) is 8.39. The summed E-state index contributed by atoms with van der Waals surface area (Å²) in [5.74, 6) is -0.886. The first-order valence-electron chi connectivity index (χ1n) is 6.74. The molecule has 0 saturated carbocycles. The third-order valence-corrected chi connectivity index (χ3v) is 5.04. The number of amides is 1. The Balaban J connectivity index is 2.17. The van der Waals surface area contributed by atoms with E-state index in [-0.39, 0.29) is 16.2 Å². The standard InChI is InChI=1S/C16H16FNO3S/c1-3-22(20,21)14-8-6-13(7-9-14)18-16(19)12-5-4-11(2)15(17)10-12/h4-10H,3H2,1-2H3,(H,18,19). The summed E-state index contributed by atoms with van der Waals surface area (Å²) in [6.45, 7) is 3.18. The number of hydrogen-bond donors (Lipinski definition) is 1. The van der Waals surface area contributed by atoms with Gasteiger partial charge < -0.3 is 5.32 Å². The minimum atomic E-state index is -3.27. The summed E-state index contributed by atoms with van der Waals surface area (Å²) in [5.41, 5.74) is 1.11. The van der Waals surface area contributed by atoms with Crippen LogP contribution in [0.1, 0.15) is 22.8 Å². The van der Waals surface area contributed by atoms with Gasteiger partial charge in [-0.3, -0.25) is 4.79 Å². The summed E-state index contributed by atoms with van der Waals surface area (Å²) in [6.07, 6.45) is 0. The number of rotatable bonds is 4. The minimum absolute atomic E-state index is 0.0152. The second kappa shape index (κ2) is 6.27. The van der Waals surface area contributed by atoms with E-state index in [0.717, 1.165) is 0 Å². The van der Waals surface area contributed by atoms with Crippen LogP contribution in [0.25, 0.3) is 0 Å². The number of aryl methyl sites for hydroxylation is 1. The molecule has 0 unspecified atom stereocenters. The zero-order valence-corrected chi connectivity index (χ0v) is 13.1.